The highest BCUT2D eigenvalue weighted by Crippen LogP contribution is 2.37. The highest BCUT2D eigenvalue weighted by atomic mass is 35.5. The van der Waals surface area contributed by atoms with Crippen molar-refractivity contribution in [3.8, 4) is 0 Å². The lowest BCUT2D eigenvalue weighted by molar-refractivity contribution is 1.13. The first-order chi connectivity index (χ1) is 8.88. The Morgan fingerprint density at radius 2 is 1.95 bits per heavy atom. The van der Waals surface area contributed by atoms with Crippen LogP contribution in [0, 0.1) is 6.92 Å². The van der Waals surface area contributed by atoms with Crippen molar-refractivity contribution in [2.24, 2.45) is 0 Å². The minimum Gasteiger partial charge on any atom is -0.339 e. The van der Waals surface area contributed by atoms with E-state index in [0.29, 0.717) is 0 Å². The maximum absolute atomic E-state index is 5.85. The Hall–Kier alpha value is -1.31. The maximum atomic E-state index is 5.85. The summed E-state index contributed by atoms with van der Waals surface area (Å²) in [6, 6.07) is 8.19. The van der Waals surface area contributed by atoms with Gasteiger partial charge in [-0.1, -0.05) is 31.4 Å². The largest absolute Gasteiger partial charge is 0.339 e. The van der Waals surface area contributed by atoms with E-state index in [-0.39, 0.29) is 5.28 Å². The second-order valence-electron chi connectivity index (χ2n) is 5.00. The second kappa shape index (κ2) is 5.36. The van der Waals surface area contributed by atoms with Gasteiger partial charge in [-0.2, -0.15) is 0 Å². The maximum Gasteiger partial charge on any atom is 0.224 e. The molecule has 0 bridgehead atoms. The molecule has 100 valence electrons. The van der Waals surface area contributed by atoms with Crippen LogP contribution >= 0.6 is 18.5 Å². The van der Waals surface area contributed by atoms with Gasteiger partial charge in [0, 0.05) is 17.4 Å². The standard InChI is InChI=1S/C14H17ClN3P/c1-10-9-16-14(15)18-13(10)17-11-7-5-6-8-12(11)19(2,3)4/h5-9H,2H2,1,3-4H3,(H,16,17,18). The number of hydrogen-bond acceptors (Lipinski definition) is 3. The normalized spacial score (nSPS) is 11.4. The summed E-state index contributed by atoms with van der Waals surface area (Å²) >= 11 is 5.85. The third-order valence-electron chi connectivity index (χ3n) is 2.75. The second-order valence-corrected chi connectivity index (χ2v) is 9.19. The van der Waals surface area contributed by atoms with Gasteiger partial charge in [-0.05, 0) is 43.2 Å². The molecule has 1 aromatic heterocycles. The first kappa shape index (κ1) is 14.1. The van der Waals surface area contributed by atoms with Crippen LogP contribution in [0.2, 0.25) is 5.28 Å². The lowest BCUT2D eigenvalue weighted by Crippen LogP contribution is -2.11. The van der Waals surface area contributed by atoms with Gasteiger partial charge in [0.05, 0.1) is 0 Å². The van der Waals surface area contributed by atoms with E-state index in [4.69, 9.17) is 11.6 Å². The highest BCUT2D eigenvalue weighted by molar-refractivity contribution is 7.79. The van der Waals surface area contributed by atoms with Gasteiger partial charge in [-0.25, -0.2) is 9.97 Å². The van der Waals surface area contributed by atoms with Crippen molar-refractivity contribution in [1.29, 1.82) is 0 Å². The van der Waals surface area contributed by atoms with Crippen molar-refractivity contribution in [2.75, 3.05) is 18.6 Å². The van der Waals surface area contributed by atoms with E-state index in [0.717, 1.165) is 17.1 Å². The Balaban J connectivity index is 2.44. The summed E-state index contributed by atoms with van der Waals surface area (Å²) in [4.78, 5) is 8.19. The van der Waals surface area contributed by atoms with Gasteiger partial charge in [0.15, 0.2) is 0 Å². The van der Waals surface area contributed by atoms with E-state index in [2.05, 4.69) is 41.0 Å². The fourth-order valence-electron chi connectivity index (χ4n) is 1.78. The summed E-state index contributed by atoms with van der Waals surface area (Å²) < 4.78 is 0. The molecule has 0 amide bonds. The predicted molar refractivity (Wildman–Crippen MR) is 87.0 cm³/mol. The summed E-state index contributed by atoms with van der Waals surface area (Å²) in [6.07, 6.45) is 6.01. The molecule has 5 heteroatoms. The molecule has 2 aromatic rings. The van der Waals surface area contributed by atoms with Crippen LogP contribution in [-0.4, -0.2) is 29.6 Å². The predicted octanol–water partition coefficient (Wildman–Crippen LogP) is 3.52. The van der Waals surface area contributed by atoms with Crippen molar-refractivity contribution < 1.29 is 0 Å². The molecule has 2 rings (SSSR count). The molecule has 0 atom stereocenters. The highest BCUT2D eigenvalue weighted by Gasteiger charge is 2.11. The van der Waals surface area contributed by atoms with Crippen molar-refractivity contribution in [3.63, 3.8) is 0 Å². The third-order valence-corrected chi connectivity index (χ3v) is 4.63. The quantitative estimate of drug-likeness (QED) is 0.695. The van der Waals surface area contributed by atoms with E-state index >= 15 is 0 Å². The molecule has 1 N–H and O–H groups in total. The van der Waals surface area contributed by atoms with E-state index in [1.54, 1.807) is 6.20 Å². The molecule has 0 saturated heterocycles. The smallest absolute Gasteiger partial charge is 0.224 e. The molecule has 0 spiro atoms. The fraction of sp³-hybridized carbons (Fsp3) is 0.214. The fourth-order valence-corrected chi connectivity index (χ4v) is 3.19. The van der Waals surface area contributed by atoms with E-state index < -0.39 is 6.89 Å². The molecule has 0 radical (unpaired) electrons. The average Bonchev–Trinajstić information content (AvgIpc) is 2.33. The molecular formula is C14H17ClN3P. The number of rotatable bonds is 3. The van der Waals surface area contributed by atoms with Crippen LogP contribution in [0.15, 0.2) is 30.5 Å². The van der Waals surface area contributed by atoms with Gasteiger partial charge in [0.2, 0.25) is 5.28 Å². The Morgan fingerprint density at radius 3 is 2.63 bits per heavy atom. The first-order valence-corrected chi connectivity index (χ1v) is 9.16. The number of hydrogen-bond donors (Lipinski definition) is 1. The molecule has 0 aliphatic carbocycles. The monoisotopic (exact) mass is 293 g/mol. The minimum atomic E-state index is -1.36. The molecular weight excluding hydrogens is 277 g/mol. The Kier molecular flexibility index (Phi) is 3.98. The first-order valence-electron chi connectivity index (χ1n) is 5.92. The molecule has 0 aliphatic rings. The van der Waals surface area contributed by atoms with Crippen LogP contribution < -0.4 is 10.6 Å². The Bertz CT molecular complexity index is 649. The Morgan fingerprint density at radius 1 is 1.26 bits per heavy atom. The summed E-state index contributed by atoms with van der Waals surface area (Å²) in [5, 5.41) is 4.83. The third kappa shape index (κ3) is 3.37. The van der Waals surface area contributed by atoms with Crippen LogP contribution in [0.3, 0.4) is 0 Å². The molecule has 0 aliphatic heterocycles. The van der Waals surface area contributed by atoms with Gasteiger partial charge >= 0.3 is 0 Å². The number of para-hydroxylation sites is 1. The lowest BCUT2D eigenvalue weighted by atomic mass is 10.3. The zero-order valence-corrected chi connectivity index (χ0v) is 13.0. The van der Waals surface area contributed by atoms with Crippen molar-refractivity contribution in [2.45, 2.75) is 6.92 Å². The molecule has 0 unspecified atom stereocenters. The number of nitrogens with one attached hydrogen (secondary N) is 1. The van der Waals surface area contributed by atoms with Gasteiger partial charge in [0.25, 0.3) is 0 Å². The number of aromatic nitrogens is 2. The van der Waals surface area contributed by atoms with E-state index in [9.17, 15) is 0 Å². The van der Waals surface area contributed by atoms with E-state index in [1.165, 1.54) is 5.30 Å². The zero-order valence-electron chi connectivity index (χ0n) is 11.3. The molecule has 19 heavy (non-hydrogen) atoms. The minimum absolute atomic E-state index is 0.245. The van der Waals surface area contributed by atoms with Crippen LogP contribution in [-0.2, 0) is 0 Å². The van der Waals surface area contributed by atoms with Crippen LogP contribution in [0.5, 0.6) is 0 Å². The van der Waals surface area contributed by atoms with Gasteiger partial charge in [-0.15, -0.1) is 0 Å². The SMILES string of the molecule is C=P(C)(C)c1ccccc1Nc1nc(Cl)ncc1C. The lowest BCUT2D eigenvalue weighted by Gasteiger charge is -2.19. The van der Waals surface area contributed by atoms with Crippen LogP contribution in [0.25, 0.3) is 0 Å². The zero-order chi connectivity index (χ0) is 14.0. The van der Waals surface area contributed by atoms with Gasteiger partial charge < -0.3 is 5.32 Å². The van der Waals surface area contributed by atoms with E-state index in [1.807, 2.05) is 25.1 Å². The number of nitrogens with zero attached hydrogens (tertiary/aromatic N) is 2. The summed E-state index contributed by atoms with van der Waals surface area (Å²) in [5.74, 6) is 0.737. The van der Waals surface area contributed by atoms with Gasteiger partial charge in [-0.3, -0.25) is 0 Å². The molecule has 3 nitrogen and oxygen atoms in total. The van der Waals surface area contributed by atoms with Crippen LogP contribution in [0.4, 0.5) is 11.5 Å². The average molecular weight is 294 g/mol. The van der Waals surface area contributed by atoms with Gasteiger partial charge in [0.1, 0.15) is 5.82 Å². The number of benzene rings is 1. The van der Waals surface area contributed by atoms with Crippen molar-refractivity contribution in [3.05, 3.63) is 41.3 Å². The number of anilines is 2. The topological polar surface area (TPSA) is 37.8 Å². The summed E-state index contributed by atoms with van der Waals surface area (Å²) in [5.41, 5.74) is 1.99. The summed E-state index contributed by atoms with van der Waals surface area (Å²) in [6.45, 7) is 4.97. The molecule has 1 aromatic carbocycles. The molecule has 1 heterocycles. The summed E-state index contributed by atoms with van der Waals surface area (Å²) in [7, 11) is 0. The molecule has 0 fully saturated rings. The Labute approximate surface area is 119 Å². The van der Waals surface area contributed by atoms with Crippen LogP contribution in [0.1, 0.15) is 5.56 Å². The van der Waals surface area contributed by atoms with Crippen molar-refractivity contribution >= 4 is 41.6 Å². The molecule has 0 saturated carbocycles. The number of halogens is 1. The van der Waals surface area contributed by atoms with Crippen molar-refractivity contribution in [1.82, 2.24) is 9.97 Å². The number of aryl methyl sites for hydroxylation is 1.